The van der Waals surface area contributed by atoms with Gasteiger partial charge in [0.1, 0.15) is 54.5 Å². The Morgan fingerprint density at radius 1 is 0.967 bits per heavy atom. The van der Waals surface area contributed by atoms with Gasteiger partial charge in [0, 0.05) is 32.0 Å². The van der Waals surface area contributed by atoms with Gasteiger partial charge in [-0.25, -0.2) is 0 Å². The summed E-state index contributed by atoms with van der Waals surface area (Å²) in [6.07, 6.45) is -7.62. The Kier molecular flexibility index (Phi) is 18.8. The molecule has 12 atom stereocenters. The van der Waals surface area contributed by atoms with Gasteiger partial charge in [-0.1, -0.05) is 45.7 Å². The summed E-state index contributed by atoms with van der Waals surface area (Å²) in [7, 11) is 0. The number of aliphatic imine (C=N–C) groups is 1. The van der Waals surface area contributed by atoms with Gasteiger partial charge < -0.3 is 71.9 Å². The van der Waals surface area contributed by atoms with Crippen molar-refractivity contribution in [3.05, 3.63) is 29.8 Å². The molecule has 2 heterocycles. The zero-order chi connectivity index (χ0) is 44.1. The number of aliphatic hydroxyl groups is 5. The van der Waals surface area contributed by atoms with Crippen LogP contribution in [0.3, 0.4) is 0 Å². The van der Waals surface area contributed by atoms with Crippen molar-refractivity contribution in [2.45, 2.75) is 159 Å². The van der Waals surface area contributed by atoms with Gasteiger partial charge in [0.05, 0.1) is 12.7 Å². The Morgan fingerprint density at radius 3 is 2.33 bits per heavy atom. The van der Waals surface area contributed by atoms with Gasteiger partial charge in [0.25, 0.3) is 0 Å². The maximum absolute atomic E-state index is 14.9. The van der Waals surface area contributed by atoms with E-state index in [0.717, 1.165) is 12.8 Å². The fraction of sp³-hybridized carbons (Fsp3) is 0.732. The number of hydrogen-bond donors (Lipinski definition) is 10. The second-order valence-corrected chi connectivity index (χ2v) is 16.5. The Hall–Kier alpha value is -4.11. The van der Waals surface area contributed by atoms with Crippen LogP contribution in [0.4, 0.5) is 0 Å². The minimum atomic E-state index is -1.76. The van der Waals surface area contributed by atoms with Crippen molar-refractivity contribution >= 4 is 29.7 Å². The smallest absolute Gasteiger partial charge is 0.306 e. The number of esters is 1. The topological polar surface area (TPSA) is 309 Å². The zero-order valence-electron chi connectivity index (χ0n) is 34.8. The first-order valence-corrected chi connectivity index (χ1v) is 21.1. The predicted octanol–water partition coefficient (Wildman–Crippen LogP) is -0.947. The fourth-order valence-corrected chi connectivity index (χ4v) is 8.19. The summed E-state index contributed by atoms with van der Waals surface area (Å²) < 4.78 is 17.9. The molecule has 0 bridgehead atoms. The van der Waals surface area contributed by atoms with E-state index in [2.05, 4.69) is 15.6 Å². The molecule has 1 aromatic carbocycles. The first-order valence-electron chi connectivity index (χ1n) is 21.1. The Balaban J connectivity index is 1.65. The van der Waals surface area contributed by atoms with Crippen LogP contribution < -0.4 is 22.1 Å². The number of hydrogen-bond acceptors (Lipinski definition) is 14. The maximum Gasteiger partial charge on any atom is 0.306 e. The van der Waals surface area contributed by atoms with Crippen molar-refractivity contribution in [1.82, 2.24) is 15.5 Å². The molecule has 2 saturated heterocycles. The fourth-order valence-electron chi connectivity index (χ4n) is 8.19. The number of amides is 3. The predicted molar refractivity (Wildman–Crippen MR) is 217 cm³/mol. The number of carbonyl (C=O) groups excluding carboxylic acids is 4. The molecule has 0 spiro atoms. The summed E-state index contributed by atoms with van der Waals surface area (Å²) in [4.78, 5) is 61.0. The first kappa shape index (κ1) is 48.6. The Morgan fingerprint density at radius 2 is 1.68 bits per heavy atom. The molecule has 60 heavy (non-hydrogen) atoms. The van der Waals surface area contributed by atoms with Gasteiger partial charge >= 0.3 is 5.97 Å². The van der Waals surface area contributed by atoms with Gasteiger partial charge in [-0.2, -0.15) is 0 Å². The molecule has 2 aliphatic heterocycles. The van der Waals surface area contributed by atoms with E-state index in [-0.39, 0.29) is 62.7 Å². The van der Waals surface area contributed by atoms with Crippen LogP contribution in [0.2, 0.25) is 0 Å². The van der Waals surface area contributed by atoms with Gasteiger partial charge in [-0.05, 0) is 74.5 Å². The minimum Gasteiger partial charge on any atom is -0.508 e. The molecule has 1 aromatic rings. The maximum atomic E-state index is 14.9. The van der Waals surface area contributed by atoms with Crippen molar-refractivity contribution in [2.24, 2.45) is 28.3 Å². The summed E-state index contributed by atoms with van der Waals surface area (Å²) in [6.45, 7) is 5.64. The number of aromatic hydroxyl groups is 1. The molecule has 338 valence electrons. The number of carbonyl (C=O) groups is 4. The number of guanidine groups is 1. The highest BCUT2D eigenvalue weighted by atomic mass is 16.7. The highest BCUT2D eigenvalue weighted by Crippen LogP contribution is 2.43. The normalized spacial score (nSPS) is 28.6. The van der Waals surface area contributed by atoms with E-state index in [1.807, 2.05) is 20.8 Å². The van der Waals surface area contributed by atoms with Crippen molar-refractivity contribution in [2.75, 3.05) is 19.7 Å². The number of fused-ring (bicyclic) bond motifs is 1. The number of ether oxygens (including phenoxy) is 3. The van der Waals surface area contributed by atoms with Gasteiger partial charge in [-0.15, -0.1) is 0 Å². The van der Waals surface area contributed by atoms with Crippen LogP contribution in [0.5, 0.6) is 5.75 Å². The van der Waals surface area contributed by atoms with E-state index in [1.165, 1.54) is 17.0 Å². The molecular formula is C41H66N6O13. The SMILES string of the molecule is CCCCCC(=O)OC1CC2CC(C(=O)NCCCCN=C(N)N)N(C(=O)C(CC(C)C)NC(=O)C(O)Cc3ccc(O)cc3)C2CC1OC1OC(CO)C(O)C(O)C1O. The van der Waals surface area contributed by atoms with Crippen molar-refractivity contribution in [3.8, 4) is 5.75 Å². The highest BCUT2D eigenvalue weighted by Gasteiger charge is 2.55. The van der Waals surface area contributed by atoms with E-state index >= 15 is 0 Å². The van der Waals surface area contributed by atoms with Gasteiger partial charge in [-0.3, -0.25) is 24.2 Å². The molecule has 19 heteroatoms. The summed E-state index contributed by atoms with van der Waals surface area (Å²) in [5.41, 5.74) is 11.4. The van der Waals surface area contributed by atoms with Crippen LogP contribution in [0.15, 0.2) is 29.3 Å². The van der Waals surface area contributed by atoms with Crippen LogP contribution in [0.25, 0.3) is 0 Å². The molecule has 3 fully saturated rings. The van der Waals surface area contributed by atoms with Crippen molar-refractivity contribution < 1.29 is 64.0 Å². The summed E-state index contributed by atoms with van der Waals surface area (Å²) >= 11 is 0. The molecular weight excluding hydrogens is 784 g/mol. The van der Waals surface area contributed by atoms with Gasteiger partial charge in [0.2, 0.25) is 17.7 Å². The van der Waals surface area contributed by atoms with E-state index in [1.54, 1.807) is 12.1 Å². The molecule has 1 aliphatic carbocycles. The minimum absolute atomic E-state index is 0.0214. The third kappa shape index (κ3) is 13.4. The molecule has 4 rings (SSSR count). The van der Waals surface area contributed by atoms with Crippen LogP contribution in [0.1, 0.15) is 90.5 Å². The molecule has 12 unspecified atom stereocenters. The number of benzene rings is 1. The van der Waals surface area contributed by atoms with Crippen molar-refractivity contribution in [3.63, 3.8) is 0 Å². The number of rotatable bonds is 21. The number of nitrogens with one attached hydrogen (secondary N) is 2. The number of likely N-dealkylation sites (tertiary alicyclic amines) is 1. The lowest BCUT2D eigenvalue weighted by Crippen LogP contribution is -2.61. The quantitative estimate of drug-likeness (QED) is 0.0309. The molecule has 0 radical (unpaired) electrons. The van der Waals surface area contributed by atoms with Crippen molar-refractivity contribution in [1.29, 1.82) is 0 Å². The molecule has 0 aromatic heterocycles. The van der Waals surface area contributed by atoms with Gasteiger partial charge in [0.15, 0.2) is 12.2 Å². The number of phenols is 1. The van der Waals surface area contributed by atoms with Crippen LogP contribution >= 0.6 is 0 Å². The molecule has 12 N–H and O–H groups in total. The second-order valence-electron chi connectivity index (χ2n) is 16.5. The number of phenolic OH excluding ortho intramolecular Hbond substituents is 1. The first-order chi connectivity index (χ1) is 28.5. The molecule has 3 amide bonds. The number of nitrogens with two attached hydrogens (primary N) is 2. The highest BCUT2D eigenvalue weighted by molar-refractivity contribution is 5.93. The Labute approximate surface area is 350 Å². The van der Waals surface area contributed by atoms with E-state index < -0.39 is 103 Å². The third-order valence-corrected chi connectivity index (χ3v) is 11.3. The zero-order valence-corrected chi connectivity index (χ0v) is 34.8. The van der Waals surface area contributed by atoms with E-state index in [9.17, 15) is 49.8 Å². The molecule has 3 aliphatic rings. The lowest BCUT2D eigenvalue weighted by atomic mass is 9.80. The third-order valence-electron chi connectivity index (χ3n) is 11.3. The number of unbranched alkanes of at least 4 members (excludes halogenated alkanes) is 3. The summed E-state index contributed by atoms with van der Waals surface area (Å²) in [6, 6.07) is 3.09. The number of nitrogens with zero attached hydrogens (tertiary/aromatic N) is 2. The summed E-state index contributed by atoms with van der Waals surface area (Å²) in [5.74, 6) is -2.84. The lowest BCUT2D eigenvalue weighted by molar-refractivity contribution is -0.320. The standard InChI is InChI=1S/C41H66N6O13/c1-4-5-6-9-33(51)58-30-19-24-18-28(37(55)44-14-7-8-15-45-41(42)43)47(27(24)20-31(30)59-40-36(54)35(53)34(52)32(21-48)60-40)39(57)26(16-22(2)3)46-38(56)29(50)17-23-10-12-25(49)13-11-23/h10-13,22,24,26-32,34-36,40,48-50,52-54H,4-9,14-21H2,1-3H3,(H,44,55)(H,46,56)(H4,42,43,45). The summed E-state index contributed by atoms with van der Waals surface area (Å²) in [5, 5.41) is 67.9. The second kappa shape index (κ2) is 23.2. The lowest BCUT2D eigenvalue weighted by Gasteiger charge is -2.45. The average Bonchev–Trinajstić information content (AvgIpc) is 3.57. The van der Waals surface area contributed by atoms with Crippen LogP contribution in [0, 0.1) is 11.8 Å². The average molecular weight is 851 g/mol. The van der Waals surface area contributed by atoms with Crippen LogP contribution in [-0.2, 0) is 39.8 Å². The Bertz CT molecular complexity index is 1580. The molecule has 1 saturated carbocycles. The number of aliphatic hydroxyl groups excluding tert-OH is 5. The van der Waals surface area contributed by atoms with Crippen LogP contribution in [-0.4, -0.2) is 152 Å². The van der Waals surface area contributed by atoms with E-state index in [0.29, 0.717) is 31.4 Å². The van der Waals surface area contributed by atoms with E-state index in [4.69, 9.17) is 25.7 Å². The largest absolute Gasteiger partial charge is 0.508 e. The molecule has 19 nitrogen and oxygen atoms in total. The monoisotopic (exact) mass is 850 g/mol.